The van der Waals surface area contributed by atoms with E-state index in [1.54, 1.807) is 0 Å². The molecule has 0 aromatic carbocycles. The molecule has 1 aromatic heterocycles. The highest BCUT2D eigenvalue weighted by Gasteiger charge is 2.07. The first kappa shape index (κ1) is 8.25. The van der Waals surface area contributed by atoms with Crippen molar-refractivity contribution in [2.24, 2.45) is 5.73 Å². The minimum Gasteiger partial charge on any atom is -0.481 e. The Morgan fingerprint density at radius 3 is 2.83 bits per heavy atom. The summed E-state index contributed by atoms with van der Waals surface area (Å²) >= 11 is 0. The average molecular weight is 169 g/mol. The molecule has 1 rings (SSSR count). The summed E-state index contributed by atoms with van der Waals surface area (Å²) in [7, 11) is 1.35. The summed E-state index contributed by atoms with van der Waals surface area (Å²) in [5.74, 6) is -0.651. The molecule has 0 saturated carbocycles. The van der Waals surface area contributed by atoms with Crippen LogP contribution in [0.3, 0.4) is 0 Å². The number of hydrogen-bond donors (Lipinski definition) is 2. The predicted molar refractivity (Wildman–Crippen MR) is 38.8 cm³/mol. The van der Waals surface area contributed by atoms with Gasteiger partial charge in [0.2, 0.25) is 5.88 Å². The molecule has 0 aliphatic heterocycles. The van der Waals surface area contributed by atoms with E-state index in [2.05, 4.69) is 14.7 Å². The zero-order valence-corrected chi connectivity index (χ0v) is 6.31. The third-order valence-corrected chi connectivity index (χ3v) is 1.15. The molecule has 0 aliphatic carbocycles. The maximum Gasteiger partial charge on any atom is 0.317 e. The van der Waals surface area contributed by atoms with E-state index >= 15 is 0 Å². The van der Waals surface area contributed by atoms with Crippen LogP contribution in [0.5, 0.6) is 11.9 Å². The number of carbonyl (C=O) groups is 1. The van der Waals surface area contributed by atoms with Crippen LogP contribution in [0.25, 0.3) is 0 Å². The molecule has 6 heteroatoms. The predicted octanol–water partition coefficient (Wildman–Crippen LogP) is -0.710. The summed E-state index contributed by atoms with van der Waals surface area (Å²) in [4.78, 5) is 17.4. The molecular formula is C6H7N3O3. The number of hydrogen-bond acceptors (Lipinski definition) is 5. The van der Waals surface area contributed by atoms with Crippen molar-refractivity contribution in [3.63, 3.8) is 0 Å². The van der Waals surface area contributed by atoms with Gasteiger partial charge in [0.05, 0.1) is 7.11 Å². The van der Waals surface area contributed by atoms with Gasteiger partial charge in [0.15, 0.2) is 0 Å². The van der Waals surface area contributed by atoms with E-state index in [1.807, 2.05) is 0 Å². The van der Waals surface area contributed by atoms with Gasteiger partial charge in [-0.05, 0) is 0 Å². The quantitative estimate of drug-likeness (QED) is 0.609. The molecule has 64 valence electrons. The molecule has 1 amide bonds. The smallest absolute Gasteiger partial charge is 0.317 e. The minimum atomic E-state index is -0.744. The van der Waals surface area contributed by atoms with E-state index < -0.39 is 11.9 Å². The fraction of sp³-hybridized carbons (Fsp3) is 0.167. The fourth-order valence-corrected chi connectivity index (χ4v) is 0.644. The van der Waals surface area contributed by atoms with Crippen molar-refractivity contribution in [2.45, 2.75) is 0 Å². The molecule has 0 bridgehead atoms. The first-order valence-corrected chi connectivity index (χ1v) is 3.05. The normalized spacial score (nSPS) is 9.42. The van der Waals surface area contributed by atoms with Gasteiger partial charge in [-0.1, -0.05) is 0 Å². The number of amides is 1. The molecule has 6 nitrogen and oxygen atoms in total. The second kappa shape index (κ2) is 3.04. The lowest BCUT2D eigenvalue weighted by molar-refractivity contribution is 0.0993. The van der Waals surface area contributed by atoms with Gasteiger partial charge in [-0.25, -0.2) is 0 Å². The molecule has 0 radical (unpaired) electrons. The topological polar surface area (TPSA) is 98.3 Å². The number of rotatable bonds is 2. The Labute approximate surface area is 68.0 Å². The van der Waals surface area contributed by atoms with Crippen molar-refractivity contribution in [2.75, 3.05) is 7.11 Å². The summed E-state index contributed by atoms with van der Waals surface area (Å²) in [5, 5.41) is 8.86. The van der Waals surface area contributed by atoms with Gasteiger partial charge in [0, 0.05) is 6.07 Å². The van der Waals surface area contributed by atoms with E-state index in [0.29, 0.717) is 0 Å². The number of aromatic hydroxyl groups is 1. The third-order valence-electron chi connectivity index (χ3n) is 1.15. The first-order valence-electron chi connectivity index (χ1n) is 3.05. The van der Waals surface area contributed by atoms with Crippen LogP contribution in [0, 0.1) is 0 Å². The fourth-order valence-electron chi connectivity index (χ4n) is 0.644. The number of aromatic nitrogens is 2. The largest absolute Gasteiger partial charge is 0.481 e. The van der Waals surface area contributed by atoms with Gasteiger partial charge in [0.1, 0.15) is 5.69 Å². The minimum absolute atomic E-state index is 0.0839. The van der Waals surface area contributed by atoms with Crippen molar-refractivity contribution in [3.8, 4) is 11.9 Å². The zero-order chi connectivity index (χ0) is 9.14. The van der Waals surface area contributed by atoms with Crippen LogP contribution < -0.4 is 10.5 Å². The molecule has 0 aliphatic rings. The molecule has 12 heavy (non-hydrogen) atoms. The lowest BCUT2D eigenvalue weighted by atomic mass is 10.4. The summed E-state index contributed by atoms with van der Waals surface area (Å²) in [6, 6.07) is 0.699. The summed E-state index contributed by atoms with van der Waals surface area (Å²) < 4.78 is 4.67. The Morgan fingerprint density at radius 2 is 2.33 bits per heavy atom. The van der Waals surface area contributed by atoms with Crippen molar-refractivity contribution in [1.82, 2.24) is 9.97 Å². The maximum atomic E-state index is 10.6. The summed E-state index contributed by atoms with van der Waals surface area (Å²) in [6.45, 7) is 0. The summed E-state index contributed by atoms with van der Waals surface area (Å²) in [6.07, 6.45) is 0. The van der Waals surface area contributed by atoms with Gasteiger partial charge in [-0.2, -0.15) is 9.97 Å². The van der Waals surface area contributed by atoms with Gasteiger partial charge in [-0.15, -0.1) is 0 Å². The highest BCUT2D eigenvalue weighted by atomic mass is 16.5. The van der Waals surface area contributed by atoms with Crippen molar-refractivity contribution >= 4 is 5.91 Å². The number of ether oxygens (including phenoxy) is 1. The Balaban J connectivity index is 3.15. The van der Waals surface area contributed by atoms with Crippen LogP contribution in [0.4, 0.5) is 0 Å². The zero-order valence-electron chi connectivity index (χ0n) is 6.31. The molecule has 0 saturated heterocycles. The first-order chi connectivity index (χ1) is 5.63. The van der Waals surface area contributed by atoms with Gasteiger partial charge in [-0.3, -0.25) is 4.79 Å². The maximum absolute atomic E-state index is 10.6. The van der Waals surface area contributed by atoms with Crippen LogP contribution >= 0.6 is 0 Å². The molecule has 0 fully saturated rings. The molecule has 0 unspecified atom stereocenters. The van der Waals surface area contributed by atoms with Crippen LogP contribution in [-0.2, 0) is 0 Å². The van der Waals surface area contributed by atoms with Gasteiger partial charge < -0.3 is 15.6 Å². The van der Waals surface area contributed by atoms with Crippen molar-refractivity contribution < 1.29 is 14.6 Å². The van der Waals surface area contributed by atoms with E-state index in [-0.39, 0.29) is 11.6 Å². The van der Waals surface area contributed by atoms with E-state index in [0.717, 1.165) is 0 Å². The number of nitrogens with two attached hydrogens (primary N) is 1. The van der Waals surface area contributed by atoms with E-state index in [4.69, 9.17) is 10.8 Å². The third kappa shape index (κ3) is 1.60. The SMILES string of the molecule is COc1cc(C(N)=O)nc(O)n1. The van der Waals surface area contributed by atoms with Crippen molar-refractivity contribution in [1.29, 1.82) is 0 Å². The van der Waals surface area contributed by atoms with Gasteiger partial charge in [0.25, 0.3) is 5.91 Å². The standard InChI is InChI=1S/C6H7N3O3/c1-12-4-2-3(5(7)10)8-6(11)9-4/h2H,1H3,(H2,7,10)(H,8,9,11). The molecule has 0 spiro atoms. The second-order valence-electron chi connectivity index (χ2n) is 1.96. The van der Waals surface area contributed by atoms with E-state index in [9.17, 15) is 4.79 Å². The average Bonchev–Trinajstić information content (AvgIpc) is 2.03. The Kier molecular flexibility index (Phi) is 2.09. The monoisotopic (exact) mass is 169 g/mol. The highest BCUT2D eigenvalue weighted by molar-refractivity contribution is 5.91. The number of nitrogens with zero attached hydrogens (tertiary/aromatic N) is 2. The Morgan fingerprint density at radius 1 is 1.67 bits per heavy atom. The van der Waals surface area contributed by atoms with Crippen LogP contribution in [-0.4, -0.2) is 28.1 Å². The summed E-state index contributed by atoms with van der Waals surface area (Å²) in [5.41, 5.74) is 4.83. The second-order valence-corrected chi connectivity index (χ2v) is 1.96. The van der Waals surface area contributed by atoms with Crippen LogP contribution in [0.1, 0.15) is 10.5 Å². The van der Waals surface area contributed by atoms with Crippen LogP contribution in [0.2, 0.25) is 0 Å². The number of carbonyl (C=O) groups excluding carboxylic acids is 1. The van der Waals surface area contributed by atoms with Gasteiger partial charge >= 0.3 is 6.01 Å². The van der Waals surface area contributed by atoms with E-state index in [1.165, 1.54) is 13.2 Å². The molecular weight excluding hydrogens is 162 g/mol. The Hall–Kier alpha value is -1.85. The van der Waals surface area contributed by atoms with Crippen molar-refractivity contribution in [3.05, 3.63) is 11.8 Å². The molecule has 3 N–H and O–H groups in total. The number of primary amides is 1. The van der Waals surface area contributed by atoms with Crippen LogP contribution in [0.15, 0.2) is 6.07 Å². The lowest BCUT2D eigenvalue weighted by Gasteiger charge is -1.99. The Bertz CT molecular complexity index is 313. The highest BCUT2D eigenvalue weighted by Crippen LogP contribution is 2.11. The number of methoxy groups -OCH3 is 1. The molecule has 0 atom stereocenters. The molecule has 1 aromatic rings. The molecule has 1 heterocycles. The lowest BCUT2D eigenvalue weighted by Crippen LogP contribution is -2.13.